The average Bonchev–Trinajstić information content (AvgIpc) is 3.16. The molecule has 26 heavy (non-hydrogen) atoms. The summed E-state index contributed by atoms with van der Waals surface area (Å²) >= 11 is 0. The zero-order chi connectivity index (χ0) is 17.9. The summed E-state index contributed by atoms with van der Waals surface area (Å²) in [7, 11) is 1.85. The number of aromatic nitrogens is 2. The van der Waals surface area contributed by atoms with Gasteiger partial charge in [0.1, 0.15) is 0 Å². The maximum atomic E-state index is 12.3. The van der Waals surface area contributed by atoms with Gasteiger partial charge in [0.25, 0.3) is 0 Å². The molecule has 2 aromatic rings. The fourth-order valence-electron chi connectivity index (χ4n) is 4.18. The summed E-state index contributed by atoms with van der Waals surface area (Å²) in [6.07, 6.45) is 5.27. The Balaban J connectivity index is 1.28. The van der Waals surface area contributed by atoms with Gasteiger partial charge < -0.3 is 5.32 Å². The Labute approximate surface area is 154 Å². The lowest BCUT2D eigenvalue weighted by Crippen LogP contribution is -2.40. The highest BCUT2D eigenvalue weighted by Crippen LogP contribution is 2.26. The largest absolute Gasteiger partial charge is 0.308 e. The first-order chi connectivity index (χ1) is 12.7. The van der Waals surface area contributed by atoms with Crippen molar-refractivity contribution in [1.29, 1.82) is 0 Å². The van der Waals surface area contributed by atoms with Gasteiger partial charge in [-0.15, -0.1) is 0 Å². The molecule has 2 aliphatic rings. The highest BCUT2D eigenvalue weighted by Gasteiger charge is 2.28. The van der Waals surface area contributed by atoms with E-state index in [4.69, 9.17) is 0 Å². The van der Waals surface area contributed by atoms with Gasteiger partial charge in [-0.3, -0.25) is 19.3 Å². The first-order valence-corrected chi connectivity index (χ1v) is 9.50. The molecule has 4 rings (SSSR count). The fraction of sp³-hybridized carbons (Fsp3) is 0.500. The third kappa shape index (κ3) is 3.97. The summed E-state index contributed by atoms with van der Waals surface area (Å²) in [5, 5.41) is 7.09. The van der Waals surface area contributed by atoms with Crippen LogP contribution < -0.4 is 5.32 Å². The van der Waals surface area contributed by atoms with E-state index >= 15 is 0 Å². The van der Waals surface area contributed by atoms with Crippen LogP contribution in [0.2, 0.25) is 0 Å². The maximum Gasteiger partial charge on any atom is 0.239 e. The van der Waals surface area contributed by atoms with Crippen LogP contribution >= 0.6 is 0 Å². The quantitative estimate of drug-likeness (QED) is 0.906. The third-order valence-electron chi connectivity index (χ3n) is 5.52. The van der Waals surface area contributed by atoms with Crippen LogP contribution in [0.1, 0.15) is 17.5 Å². The number of anilines is 1. The minimum Gasteiger partial charge on any atom is -0.308 e. The Hall–Kier alpha value is -2.18. The molecule has 1 saturated heterocycles. The molecule has 0 bridgehead atoms. The van der Waals surface area contributed by atoms with Crippen LogP contribution in [0.15, 0.2) is 36.5 Å². The molecule has 6 nitrogen and oxygen atoms in total. The topological polar surface area (TPSA) is 53.4 Å². The number of hydrogen-bond donors (Lipinski definition) is 1. The summed E-state index contributed by atoms with van der Waals surface area (Å²) < 4.78 is 1.69. The van der Waals surface area contributed by atoms with Crippen molar-refractivity contribution in [2.75, 3.05) is 38.0 Å². The Morgan fingerprint density at radius 3 is 2.58 bits per heavy atom. The summed E-state index contributed by atoms with van der Waals surface area (Å²) in [5.74, 6) is 0.642. The number of amides is 1. The van der Waals surface area contributed by atoms with E-state index in [1.54, 1.807) is 4.68 Å². The van der Waals surface area contributed by atoms with Gasteiger partial charge in [-0.1, -0.05) is 24.3 Å². The van der Waals surface area contributed by atoms with E-state index in [0.717, 1.165) is 45.4 Å². The van der Waals surface area contributed by atoms with Crippen molar-refractivity contribution in [3.63, 3.8) is 0 Å². The predicted octanol–water partition coefficient (Wildman–Crippen LogP) is 1.53. The second-order valence-electron chi connectivity index (χ2n) is 7.42. The van der Waals surface area contributed by atoms with Crippen LogP contribution in [-0.2, 0) is 24.7 Å². The average molecular weight is 353 g/mol. The van der Waals surface area contributed by atoms with Crippen molar-refractivity contribution in [3.05, 3.63) is 47.7 Å². The molecule has 0 radical (unpaired) electrons. The molecule has 0 unspecified atom stereocenters. The molecule has 1 aromatic heterocycles. The van der Waals surface area contributed by atoms with Gasteiger partial charge in [0, 0.05) is 38.4 Å². The number of carbonyl (C=O) groups excluding carboxylic acids is 1. The molecule has 1 aliphatic carbocycles. The van der Waals surface area contributed by atoms with Gasteiger partial charge in [-0.2, -0.15) is 5.10 Å². The van der Waals surface area contributed by atoms with Gasteiger partial charge in [-0.25, -0.2) is 0 Å². The Bertz CT molecular complexity index is 746. The number of rotatable bonds is 4. The molecule has 1 amide bonds. The van der Waals surface area contributed by atoms with Crippen molar-refractivity contribution in [1.82, 2.24) is 19.6 Å². The summed E-state index contributed by atoms with van der Waals surface area (Å²) in [4.78, 5) is 17.2. The molecule has 1 N–H and O–H groups in total. The van der Waals surface area contributed by atoms with Gasteiger partial charge in [0.2, 0.25) is 5.91 Å². The van der Waals surface area contributed by atoms with Crippen LogP contribution in [0.5, 0.6) is 0 Å². The van der Waals surface area contributed by atoms with E-state index in [-0.39, 0.29) is 5.91 Å². The lowest BCUT2D eigenvalue weighted by Gasteiger charge is -2.27. The molecule has 1 aliphatic heterocycles. The number of aryl methyl sites for hydroxylation is 1. The van der Waals surface area contributed by atoms with Crippen LogP contribution in [0, 0.1) is 0 Å². The van der Waals surface area contributed by atoms with E-state index in [2.05, 4.69) is 44.5 Å². The van der Waals surface area contributed by atoms with E-state index < -0.39 is 0 Å². The summed E-state index contributed by atoms with van der Waals surface area (Å²) in [6.45, 7) is 4.52. The highest BCUT2D eigenvalue weighted by molar-refractivity contribution is 5.91. The molecule has 6 heteroatoms. The summed E-state index contributed by atoms with van der Waals surface area (Å²) in [5.41, 5.74) is 3.02. The molecule has 2 heterocycles. The minimum absolute atomic E-state index is 0.0189. The number of nitrogens with zero attached hydrogens (tertiary/aromatic N) is 4. The standard InChI is InChI=1S/C20H27N5O/c1-23-10-7-19(22-23)21-20(26)15-24-8-4-9-25(12-11-24)18-13-16-5-2-3-6-17(16)14-18/h2-3,5-7,10,18H,4,8-9,11-15H2,1H3,(H,21,22,26). The van der Waals surface area contributed by atoms with E-state index in [9.17, 15) is 4.79 Å². The molecule has 0 atom stereocenters. The fourth-order valence-corrected chi connectivity index (χ4v) is 4.18. The van der Waals surface area contributed by atoms with E-state index in [1.807, 2.05) is 19.3 Å². The van der Waals surface area contributed by atoms with E-state index in [0.29, 0.717) is 18.4 Å². The zero-order valence-corrected chi connectivity index (χ0v) is 15.4. The third-order valence-corrected chi connectivity index (χ3v) is 5.52. The first kappa shape index (κ1) is 17.2. The zero-order valence-electron chi connectivity index (χ0n) is 15.4. The van der Waals surface area contributed by atoms with Crippen LogP contribution in [0.25, 0.3) is 0 Å². The Morgan fingerprint density at radius 1 is 1.12 bits per heavy atom. The van der Waals surface area contributed by atoms with Crippen molar-refractivity contribution < 1.29 is 4.79 Å². The van der Waals surface area contributed by atoms with Gasteiger partial charge in [-0.05, 0) is 43.5 Å². The molecule has 1 fully saturated rings. The summed E-state index contributed by atoms with van der Waals surface area (Å²) in [6, 6.07) is 11.3. The van der Waals surface area contributed by atoms with Crippen LogP contribution in [-0.4, -0.2) is 64.3 Å². The number of benzene rings is 1. The van der Waals surface area contributed by atoms with Crippen LogP contribution in [0.4, 0.5) is 5.82 Å². The lowest BCUT2D eigenvalue weighted by atomic mass is 10.1. The van der Waals surface area contributed by atoms with Gasteiger partial charge in [0.05, 0.1) is 6.54 Å². The SMILES string of the molecule is Cn1ccc(NC(=O)CN2CCCN(C3Cc4ccccc4C3)CC2)n1. The molecule has 138 valence electrons. The van der Waals surface area contributed by atoms with Gasteiger partial charge in [0.15, 0.2) is 5.82 Å². The number of nitrogens with one attached hydrogen (secondary N) is 1. The normalized spacial score (nSPS) is 19.3. The molecule has 0 saturated carbocycles. The maximum absolute atomic E-state index is 12.3. The van der Waals surface area contributed by atoms with E-state index in [1.165, 1.54) is 11.1 Å². The Kier molecular flexibility index (Phi) is 5.04. The molecular formula is C20H27N5O. The van der Waals surface area contributed by atoms with Crippen molar-refractivity contribution >= 4 is 11.7 Å². The first-order valence-electron chi connectivity index (χ1n) is 9.50. The van der Waals surface area contributed by atoms with Crippen molar-refractivity contribution in [3.8, 4) is 0 Å². The molecule has 1 aromatic carbocycles. The molecular weight excluding hydrogens is 326 g/mol. The Morgan fingerprint density at radius 2 is 1.88 bits per heavy atom. The van der Waals surface area contributed by atoms with Gasteiger partial charge >= 0.3 is 0 Å². The van der Waals surface area contributed by atoms with Crippen molar-refractivity contribution in [2.45, 2.75) is 25.3 Å². The predicted molar refractivity (Wildman–Crippen MR) is 102 cm³/mol. The highest BCUT2D eigenvalue weighted by atomic mass is 16.2. The van der Waals surface area contributed by atoms with Crippen molar-refractivity contribution in [2.24, 2.45) is 7.05 Å². The smallest absolute Gasteiger partial charge is 0.239 e. The number of fused-ring (bicyclic) bond motifs is 1. The monoisotopic (exact) mass is 353 g/mol. The second kappa shape index (κ2) is 7.60. The second-order valence-corrected chi connectivity index (χ2v) is 7.42. The minimum atomic E-state index is 0.0189. The molecule has 0 spiro atoms. The lowest BCUT2D eigenvalue weighted by molar-refractivity contribution is -0.117. The van der Waals surface area contributed by atoms with Crippen LogP contribution in [0.3, 0.4) is 0 Å². The number of carbonyl (C=O) groups is 1. The number of hydrogen-bond acceptors (Lipinski definition) is 4.